The Kier molecular flexibility index (Phi) is 5.08. The molecule has 104 valence electrons. The van der Waals surface area contributed by atoms with Crippen molar-refractivity contribution in [1.29, 1.82) is 0 Å². The minimum absolute atomic E-state index is 0.0530. The smallest absolute Gasteiger partial charge is 0.339 e. The van der Waals surface area contributed by atoms with Crippen molar-refractivity contribution in [2.24, 2.45) is 0 Å². The first-order valence-corrected chi connectivity index (χ1v) is 5.68. The summed E-state index contributed by atoms with van der Waals surface area (Å²) in [6, 6.07) is 2.37. The molecule has 0 heterocycles. The molecule has 8 heteroatoms. The topological polar surface area (TPSA) is 92.9 Å². The van der Waals surface area contributed by atoms with E-state index in [0.717, 1.165) is 13.2 Å². The summed E-state index contributed by atoms with van der Waals surface area (Å²) in [6.45, 7) is 0.0404. The quantitative estimate of drug-likeness (QED) is 0.501. The fourth-order valence-corrected chi connectivity index (χ4v) is 1.78. The zero-order chi connectivity index (χ0) is 14.6. The van der Waals surface area contributed by atoms with Crippen molar-refractivity contribution in [3.8, 4) is 0 Å². The fraction of sp³-hybridized carbons (Fsp3) is 0.364. The molecule has 0 aromatic heterocycles. The van der Waals surface area contributed by atoms with Gasteiger partial charge in [0.05, 0.1) is 29.2 Å². The Morgan fingerprint density at radius 3 is 2.68 bits per heavy atom. The van der Waals surface area contributed by atoms with Crippen LogP contribution in [0.1, 0.15) is 10.4 Å². The van der Waals surface area contributed by atoms with E-state index in [0.29, 0.717) is 0 Å². The van der Waals surface area contributed by atoms with E-state index >= 15 is 0 Å². The van der Waals surface area contributed by atoms with Gasteiger partial charge in [0.1, 0.15) is 5.69 Å². The zero-order valence-corrected chi connectivity index (χ0v) is 11.2. The van der Waals surface area contributed by atoms with Gasteiger partial charge in [-0.15, -0.1) is 0 Å². The number of esters is 1. The molecular weight excluding hydrogens is 276 g/mol. The predicted octanol–water partition coefficient (Wildman–Crippen LogP) is 1.46. The van der Waals surface area contributed by atoms with Crippen LogP contribution in [0, 0.1) is 10.1 Å². The first kappa shape index (κ1) is 15.2. The molecule has 0 radical (unpaired) electrons. The molecule has 0 aliphatic heterocycles. The van der Waals surface area contributed by atoms with Crippen LogP contribution in [0.4, 0.5) is 11.4 Å². The average Bonchev–Trinajstić information content (AvgIpc) is 2.37. The summed E-state index contributed by atoms with van der Waals surface area (Å²) in [5.41, 5.74) is -0.130. The number of ether oxygens (including phenoxy) is 1. The number of likely N-dealkylation sites (N-methyl/N-ethyl adjacent to an activating group) is 1. The van der Waals surface area contributed by atoms with Crippen LogP contribution in [-0.2, 0) is 4.74 Å². The predicted molar refractivity (Wildman–Crippen MR) is 69.8 cm³/mol. The van der Waals surface area contributed by atoms with E-state index in [4.69, 9.17) is 16.7 Å². The Morgan fingerprint density at radius 2 is 2.21 bits per heavy atom. The van der Waals surface area contributed by atoms with Crippen LogP contribution in [0.2, 0.25) is 5.02 Å². The number of aliphatic hydroxyl groups is 1. The van der Waals surface area contributed by atoms with Crippen molar-refractivity contribution in [1.82, 2.24) is 0 Å². The van der Waals surface area contributed by atoms with E-state index in [1.54, 1.807) is 7.05 Å². The third-order valence-corrected chi connectivity index (χ3v) is 2.83. The highest BCUT2D eigenvalue weighted by atomic mass is 35.5. The minimum atomic E-state index is -0.746. The summed E-state index contributed by atoms with van der Waals surface area (Å²) in [5, 5.41) is 19.9. The van der Waals surface area contributed by atoms with Crippen molar-refractivity contribution in [3.63, 3.8) is 0 Å². The number of carbonyl (C=O) groups is 1. The fourth-order valence-electron chi connectivity index (χ4n) is 1.54. The molecule has 0 saturated heterocycles. The van der Waals surface area contributed by atoms with Gasteiger partial charge in [-0.2, -0.15) is 0 Å². The van der Waals surface area contributed by atoms with E-state index in [1.807, 2.05) is 0 Å². The van der Waals surface area contributed by atoms with E-state index in [1.165, 1.54) is 11.0 Å². The molecule has 0 aliphatic rings. The highest BCUT2D eigenvalue weighted by Gasteiger charge is 2.23. The molecular formula is C11H13ClN2O5. The SMILES string of the molecule is COC(=O)c1cc([N+](=O)[O-])c(N(C)CCO)cc1Cl. The molecule has 7 nitrogen and oxygen atoms in total. The van der Waals surface area contributed by atoms with Gasteiger partial charge in [-0.3, -0.25) is 10.1 Å². The maximum atomic E-state index is 11.4. The number of nitro benzene ring substituents is 1. The van der Waals surface area contributed by atoms with Crippen molar-refractivity contribution in [3.05, 3.63) is 32.8 Å². The Morgan fingerprint density at radius 1 is 1.58 bits per heavy atom. The van der Waals surface area contributed by atoms with Gasteiger partial charge in [0.25, 0.3) is 5.69 Å². The van der Waals surface area contributed by atoms with Gasteiger partial charge >= 0.3 is 5.97 Å². The maximum Gasteiger partial charge on any atom is 0.339 e. The number of nitro groups is 1. The average molecular weight is 289 g/mol. The van der Waals surface area contributed by atoms with Crippen LogP contribution in [-0.4, -0.2) is 43.3 Å². The van der Waals surface area contributed by atoms with Crippen molar-refractivity contribution in [2.75, 3.05) is 32.2 Å². The van der Waals surface area contributed by atoms with Gasteiger partial charge in [-0.1, -0.05) is 11.6 Å². The molecule has 1 aromatic rings. The first-order chi connectivity index (χ1) is 8.92. The summed E-state index contributed by atoms with van der Waals surface area (Å²) in [6.07, 6.45) is 0. The Balaban J connectivity index is 3.37. The first-order valence-electron chi connectivity index (χ1n) is 5.30. The number of anilines is 1. The Hall–Kier alpha value is -1.86. The largest absolute Gasteiger partial charge is 0.465 e. The summed E-state index contributed by atoms with van der Waals surface area (Å²) in [7, 11) is 2.74. The summed E-state index contributed by atoms with van der Waals surface area (Å²) in [5.74, 6) is -0.746. The molecule has 0 fully saturated rings. The molecule has 0 saturated carbocycles. The standard InChI is InChI=1S/C11H13ClN2O5/c1-13(3-4-15)9-6-8(12)7(11(16)19-2)5-10(9)14(17)18/h5-6,15H,3-4H2,1-2H3. The minimum Gasteiger partial charge on any atom is -0.465 e. The molecule has 0 atom stereocenters. The second kappa shape index (κ2) is 6.35. The van der Waals surface area contributed by atoms with Gasteiger partial charge in [-0.25, -0.2) is 4.79 Å². The second-order valence-corrected chi connectivity index (χ2v) is 4.12. The van der Waals surface area contributed by atoms with Gasteiger partial charge in [0.2, 0.25) is 0 Å². The van der Waals surface area contributed by atoms with Crippen molar-refractivity contribution < 1.29 is 19.6 Å². The maximum absolute atomic E-state index is 11.4. The highest BCUT2D eigenvalue weighted by Crippen LogP contribution is 2.33. The highest BCUT2D eigenvalue weighted by molar-refractivity contribution is 6.34. The van der Waals surface area contributed by atoms with Crippen LogP contribution in [0.15, 0.2) is 12.1 Å². The summed E-state index contributed by atoms with van der Waals surface area (Å²) in [4.78, 5) is 23.3. The lowest BCUT2D eigenvalue weighted by atomic mass is 10.1. The molecule has 0 amide bonds. The number of halogens is 1. The van der Waals surface area contributed by atoms with Gasteiger partial charge in [0, 0.05) is 19.7 Å². The van der Waals surface area contributed by atoms with Crippen LogP contribution in [0.3, 0.4) is 0 Å². The normalized spacial score (nSPS) is 10.1. The molecule has 1 aromatic carbocycles. The van der Waals surface area contributed by atoms with Gasteiger partial charge in [0.15, 0.2) is 0 Å². The number of aliphatic hydroxyl groups excluding tert-OH is 1. The Labute approximate surface area is 114 Å². The van der Waals surface area contributed by atoms with Gasteiger partial charge < -0.3 is 14.7 Å². The van der Waals surface area contributed by atoms with Crippen LogP contribution >= 0.6 is 11.6 Å². The lowest BCUT2D eigenvalue weighted by Crippen LogP contribution is -2.22. The van der Waals surface area contributed by atoms with Crippen LogP contribution in [0.25, 0.3) is 0 Å². The monoisotopic (exact) mass is 288 g/mol. The number of hydrogen-bond acceptors (Lipinski definition) is 6. The number of hydrogen-bond donors (Lipinski definition) is 1. The number of benzene rings is 1. The molecule has 0 bridgehead atoms. The van der Waals surface area contributed by atoms with Crippen molar-refractivity contribution >= 4 is 28.9 Å². The summed E-state index contributed by atoms with van der Waals surface area (Å²) >= 11 is 5.91. The van der Waals surface area contributed by atoms with Gasteiger partial charge in [-0.05, 0) is 6.07 Å². The molecule has 0 spiro atoms. The number of carbonyl (C=O) groups excluding carboxylic acids is 1. The molecule has 19 heavy (non-hydrogen) atoms. The van der Waals surface area contributed by atoms with Crippen LogP contribution in [0.5, 0.6) is 0 Å². The van der Waals surface area contributed by atoms with E-state index in [-0.39, 0.29) is 35.1 Å². The van der Waals surface area contributed by atoms with E-state index in [2.05, 4.69) is 4.74 Å². The molecule has 1 N–H and O–H groups in total. The Bertz CT molecular complexity index is 506. The number of rotatable bonds is 5. The molecule has 0 unspecified atom stereocenters. The van der Waals surface area contributed by atoms with Crippen molar-refractivity contribution in [2.45, 2.75) is 0 Å². The lowest BCUT2D eigenvalue weighted by Gasteiger charge is -2.18. The lowest BCUT2D eigenvalue weighted by molar-refractivity contribution is -0.384. The van der Waals surface area contributed by atoms with E-state index in [9.17, 15) is 14.9 Å². The molecule has 1 rings (SSSR count). The van der Waals surface area contributed by atoms with Crippen LogP contribution < -0.4 is 4.90 Å². The number of nitrogens with zero attached hydrogens (tertiary/aromatic N) is 2. The second-order valence-electron chi connectivity index (χ2n) is 3.71. The number of methoxy groups -OCH3 is 1. The third-order valence-electron chi connectivity index (χ3n) is 2.51. The zero-order valence-electron chi connectivity index (χ0n) is 10.4. The summed E-state index contributed by atoms with van der Waals surface area (Å²) < 4.78 is 4.50. The molecule has 0 aliphatic carbocycles. The van der Waals surface area contributed by atoms with E-state index < -0.39 is 10.9 Å². The third kappa shape index (κ3) is 3.33.